The van der Waals surface area contributed by atoms with Crippen LogP contribution in [0, 0.1) is 0 Å². The average molecular weight is 417 g/mol. The van der Waals surface area contributed by atoms with Crippen LogP contribution >= 0.6 is 0 Å². The number of nitrogens with zero attached hydrogens (tertiary/aromatic N) is 4. The van der Waals surface area contributed by atoms with Crippen LogP contribution in [0.3, 0.4) is 0 Å². The molecule has 0 unspecified atom stereocenters. The number of likely N-dealkylation sites (tertiary alicyclic amines) is 1. The van der Waals surface area contributed by atoms with E-state index in [-0.39, 0.29) is 5.97 Å². The molecule has 3 rings (SSSR count). The Kier molecular flexibility index (Phi) is 7.03. The summed E-state index contributed by atoms with van der Waals surface area (Å²) in [7, 11) is 2.19. The number of likely N-dealkylation sites (N-methyl/N-ethyl adjacent to an activating group) is 1. The van der Waals surface area contributed by atoms with Gasteiger partial charge >= 0.3 is 5.97 Å². The fraction of sp³-hybridized carbons (Fsp3) is 0.652. The summed E-state index contributed by atoms with van der Waals surface area (Å²) in [5.41, 5.74) is 1.87. The number of quaternary nitrogens is 1. The second kappa shape index (κ2) is 9.35. The summed E-state index contributed by atoms with van der Waals surface area (Å²) < 4.78 is 6.34. The van der Waals surface area contributed by atoms with Gasteiger partial charge in [0, 0.05) is 50.7 Å². The lowest BCUT2D eigenvalue weighted by Gasteiger charge is -2.46. The molecule has 1 aromatic carbocycles. The van der Waals surface area contributed by atoms with E-state index in [4.69, 9.17) is 10.6 Å². The van der Waals surface area contributed by atoms with Gasteiger partial charge in [0.05, 0.1) is 26.4 Å². The second-order valence-electron chi connectivity index (χ2n) is 9.94. The normalized spacial score (nSPS) is 26.1. The molecule has 0 amide bonds. The molecule has 7 heteroatoms. The minimum absolute atomic E-state index is 0.0826. The monoisotopic (exact) mass is 416 g/mol. The topological polar surface area (TPSA) is 71.2 Å². The maximum atomic E-state index is 12.3. The molecule has 0 atom stereocenters. The Morgan fingerprint density at radius 2 is 1.77 bits per heavy atom. The molecule has 0 spiro atoms. The van der Waals surface area contributed by atoms with Crippen molar-refractivity contribution in [3.8, 4) is 0 Å². The number of esters is 1. The van der Waals surface area contributed by atoms with Gasteiger partial charge in [-0.2, -0.15) is 5.10 Å². The number of rotatable bonds is 5. The predicted molar refractivity (Wildman–Crippen MR) is 122 cm³/mol. The third-order valence-corrected chi connectivity index (χ3v) is 6.25. The molecular weight excluding hydrogens is 378 g/mol. The lowest BCUT2D eigenvalue weighted by Crippen LogP contribution is -2.59. The highest BCUT2D eigenvalue weighted by molar-refractivity contribution is 5.80. The molecular formula is C23H38N5O2+. The van der Waals surface area contributed by atoms with Gasteiger partial charge < -0.3 is 20.0 Å². The van der Waals surface area contributed by atoms with Crippen molar-refractivity contribution < 1.29 is 14.0 Å². The summed E-state index contributed by atoms with van der Waals surface area (Å²) in [5.74, 6) is 5.14. The van der Waals surface area contributed by atoms with E-state index in [0.29, 0.717) is 12.6 Å². The van der Waals surface area contributed by atoms with Crippen LogP contribution in [0.2, 0.25) is 0 Å². The third-order valence-electron chi connectivity index (χ3n) is 6.25. The highest BCUT2D eigenvalue weighted by Crippen LogP contribution is 2.24. The van der Waals surface area contributed by atoms with Crippen LogP contribution in [0.25, 0.3) is 0 Å². The second-order valence-corrected chi connectivity index (χ2v) is 9.94. The number of carbonyl (C=O) groups is 1. The zero-order valence-corrected chi connectivity index (χ0v) is 19.0. The molecule has 2 N–H and O–H groups in total. The van der Waals surface area contributed by atoms with Gasteiger partial charge in [-0.3, -0.25) is 4.90 Å². The van der Waals surface area contributed by atoms with Crippen LogP contribution in [0.1, 0.15) is 39.2 Å². The molecule has 1 aromatic rings. The van der Waals surface area contributed by atoms with Crippen molar-refractivity contribution in [2.75, 3.05) is 57.8 Å². The van der Waals surface area contributed by atoms with E-state index >= 15 is 0 Å². The lowest BCUT2D eigenvalue weighted by atomic mass is 10.00. The van der Waals surface area contributed by atoms with Gasteiger partial charge in [0.1, 0.15) is 5.60 Å². The minimum Gasteiger partial charge on any atom is -0.456 e. The Morgan fingerprint density at radius 3 is 2.30 bits per heavy atom. The quantitative estimate of drug-likeness (QED) is 0.262. The minimum atomic E-state index is -0.410. The van der Waals surface area contributed by atoms with Gasteiger partial charge in [-0.25, -0.2) is 4.79 Å². The van der Waals surface area contributed by atoms with E-state index in [1.165, 1.54) is 5.69 Å². The SMILES string of the molecule is CC(C)(C)OC(=O)C[N+]1(C)CCC(N2CCN(c3ccc(/C=N/N)cc3)CC2)CC1. The molecule has 2 fully saturated rings. The average Bonchev–Trinajstić information content (AvgIpc) is 2.68. The van der Waals surface area contributed by atoms with Crippen molar-refractivity contribution in [1.29, 1.82) is 0 Å². The number of hydrazone groups is 1. The van der Waals surface area contributed by atoms with Crippen molar-refractivity contribution in [2.24, 2.45) is 10.9 Å². The van der Waals surface area contributed by atoms with E-state index in [2.05, 4.69) is 46.2 Å². The Hall–Kier alpha value is -2.12. The number of ether oxygens (including phenoxy) is 1. The van der Waals surface area contributed by atoms with Crippen molar-refractivity contribution in [2.45, 2.75) is 45.3 Å². The number of hydrogen-bond donors (Lipinski definition) is 1. The number of benzene rings is 1. The highest BCUT2D eigenvalue weighted by Gasteiger charge is 2.36. The Labute approximate surface area is 181 Å². The smallest absolute Gasteiger partial charge is 0.362 e. The van der Waals surface area contributed by atoms with Gasteiger partial charge in [0.15, 0.2) is 6.54 Å². The van der Waals surface area contributed by atoms with Crippen molar-refractivity contribution in [1.82, 2.24) is 4.90 Å². The molecule has 166 valence electrons. The van der Waals surface area contributed by atoms with E-state index < -0.39 is 5.60 Å². The first-order valence-corrected chi connectivity index (χ1v) is 11.1. The molecule has 0 aliphatic carbocycles. The first-order valence-electron chi connectivity index (χ1n) is 11.1. The van der Waals surface area contributed by atoms with Gasteiger partial charge in [0.25, 0.3) is 0 Å². The summed E-state index contributed by atoms with van der Waals surface area (Å²) in [6.45, 7) is 12.6. The van der Waals surface area contributed by atoms with E-state index in [9.17, 15) is 4.79 Å². The first-order chi connectivity index (χ1) is 14.2. The third kappa shape index (κ3) is 6.19. The molecule has 0 saturated carbocycles. The van der Waals surface area contributed by atoms with E-state index in [1.54, 1.807) is 6.21 Å². The van der Waals surface area contributed by atoms with Gasteiger partial charge in [0.2, 0.25) is 0 Å². The maximum absolute atomic E-state index is 12.3. The number of hydrogen-bond acceptors (Lipinski definition) is 6. The van der Waals surface area contributed by atoms with Crippen molar-refractivity contribution in [3.05, 3.63) is 29.8 Å². The zero-order chi connectivity index (χ0) is 21.8. The summed E-state index contributed by atoms with van der Waals surface area (Å²) >= 11 is 0. The number of piperazine rings is 1. The lowest BCUT2D eigenvalue weighted by molar-refractivity contribution is -0.907. The van der Waals surface area contributed by atoms with Crippen molar-refractivity contribution in [3.63, 3.8) is 0 Å². The number of anilines is 1. The van der Waals surface area contributed by atoms with Gasteiger partial charge in [-0.05, 0) is 38.5 Å². The van der Waals surface area contributed by atoms with Crippen LogP contribution in [-0.2, 0) is 9.53 Å². The van der Waals surface area contributed by atoms with Crippen LogP contribution < -0.4 is 10.7 Å². The largest absolute Gasteiger partial charge is 0.456 e. The molecule has 2 heterocycles. The molecule has 7 nitrogen and oxygen atoms in total. The van der Waals surface area contributed by atoms with Crippen molar-refractivity contribution >= 4 is 17.9 Å². The number of nitrogens with two attached hydrogens (primary N) is 1. The Morgan fingerprint density at radius 1 is 1.17 bits per heavy atom. The van der Waals surface area contributed by atoms with Crippen LogP contribution in [-0.4, -0.2) is 86.1 Å². The van der Waals surface area contributed by atoms with Crippen LogP contribution in [0.5, 0.6) is 0 Å². The number of carbonyl (C=O) groups excluding carboxylic acids is 1. The molecule has 2 saturated heterocycles. The first kappa shape index (κ1) is 22.6. The van der Waals surface area contributed by atoms with E-state index in [1.807, 2.05) is 20.8 Å². The zero-order valence-electron chi connectivity index (χ0n) is 19.0. The molecule has 2 aliphatic rings. The molecule has 30 heavy (non-hydrogen) atoms. The fourth-order valence-electron chi connectivity index (χ4n) is 4.59. The summed E-state index contributed by atoms with van der Waals surface area (Å²) in [6, 6.07) is 9.03. The summed E-state index contributed by atoms with van der Waals surface area (Å²) in [6.07, 6.45) is 3.96. The molecule has 0 aromatic heterocycles. The molecule has 0 bridgehead atoms. The number of piperidine rings is 1. The van der Waals surface area contributed by atoms with Gasteiger partial charge in [-0.1, -0.05) is 12.1 Å². The standard InChI is InChI=1S/C23H38N5O2/c1-23(2,3)30-22(29)18-28(4)15-9-21(10-16-28)27-13-11-26(12-14-27)20-7-5-19(6-8-20)17-25-24/h5-8,17,21H,9-16,18,24H2,1-4H3/q+1/b25-17+. The molecule has 2 aliphatic heterocycles. The Bertz CT molecular complexity index is 725. The fourth-order valence-corrected chi connectivity index (χ4v) is 4.59. The highest BCUT2D eigenvalue weighted by atomic mass is 16.6. The van der Waals surface area contributed by atoms with Crippen LogP contribution in [0.15, 0.2) is 29.4 Å². The maximum Gasteiger partial charge on any atom is 0.362 e. The summed E-state index contributed by atoms with van der Waals surface area (Å²) in [5, 5.41) is 3.58. The predicted octanol–water partition coefficient (Wildman–Crippen LogP) is 2.05. The molecule has 0 radical (unpaired) electrons. The Balaban J connectivity index is 1.45. The van der Waals surface area contributed by atoms with Crippen LogP contribution in [0.4, 0.5) is 5.69 Å². The van der Waals surface area contributed by atoms with E-state index in [0.717, 1.165) is 62.2 Å². The van der Waals surface area contributed by atoms with Gasteiger partial charge in [-0.15, -0.1) is 0 Å². The summed E-state index contributed by atoms with van der Waals surface area (Å²) in [4.78, 5) is 17.4.